The van der Waals surface area contributed by atoms with Crippen molar-refractivity contribution in [2.24, 2.45) is 0 Å². The van der Waals surface area contributed by atoms with E-state index < -0.39 is 11.5 Å². The van der Waals surface area contributed by atoms with Gasteiger partial charge < -0.3 is 10.4 Å². The molecule has 0 aliphatic heterocycles. The van der Waals surface area contributed by atoms with E-state index in [2.05, 4.69) is 20.7 Å². The van der Waals surface area contributed by atoms with Crippen molar-refractivity contribution in [2.45, 2.75) is 12.1 Å². The van der Waals surface area contributed by atoms with Crippen LogP contribution in [0.15, 0.2) is 91.0 Å². The minimum absolute atomic E-state index is 0.239. The third-order valence-electron chi connectivity index (χ3n) is 4.65. The number of benzene rings is 3. The van der Waals surface area contributed by atoms with Crippen molar-refractivity contribution in [3.8, 4) is 0 Å². The van der Waals surface area contributed by atoms with Crippen LogP contribution in [0, 0.1) is 0 Å². The Morgan fingerprint density at radius 2 is 1.28 bits per heavy atom. The molecule has 144 valence electrons. The van der Waals surface area contributed by atoms with Gasteiger partial charge in [0, 0.05) is 0 Å². The Bertz CT molecular complexity index is 985. The highest BCUT2D eigenvalue weighted by Gasteiger charge is 2.37. The molecule has 0 unspecified atom stereocenters. The van der Waals surface area contributed by atoms with Crippen LogP contribution >= 0.6 is 0 Å². The first-order valence-electron chi connectivity index (χ1n) is 9.13. The van der Waals surface area contributed by atoms with Crippen molar-refractivity contribution < 1.29 is 9.90 Å². The van der Waals surface area contributed by atoms with E-state index in [1.54, 1.807) is 0 Å². The lowest BCUT2D eigenvalue weighted by molar-refractivity contribution is -0.138. The van der Waals surface area contributed by atoms with Gasteiger partial charge in [0.15, 0.2) is 6.54 Å². The van der Waals surface area contributed by atoms with E-state index in [-0.39, 0.29) is 12.5 Å². The first-order valence-corrected chi connectivity index (χ1v) is 9.13. The molecule has 29 heavy (non-hydrogen) atoms. The van der Waals surface area contributed by atoms with Crippen LogP contribution in [-0.2, 0) is 16.9 Å². The maximum atomic E-state index is 11.0. The van der Waals surface area contributed by atoms with Crippen LogP contribution in [0.2, 0.25) is 0 Å². The van der Waals surface area contributed by atoms with Crippen molar-refractivity contribution >= 4 is 11.9 Å². The Morgan fingerprint density at radius 1 is 0.828 bits per heavy atom. The first-order chi connectivity index (χ1) is 14.2. The standard InChI is InChI=1S/C22H19N5O2/c28-20(29)16-27-25-21(24-26-27)23-22(17-10-4-1-5-11-17,18-12-6-2-7-13-18)19-14-8-3-9-15-19/h1-15H,16H2,(H,23,25)(H,28,29). The average molecular weight is 385 g/mol. The summed E-state index contributed by atoms with van der Waals surface area (Å²) in [6.07, 6.45) is 0. The molecule has 0 atom stereocenters. The SMILES string of the molecule is O=C(O)Cn1nnc(NC(c2ccccc2)(c2ccccc2)c2ccccc2)n1. The molecule has 3 aromatic carbocycles. The van der Waals surface area contributed by atoms with Crippen LogP contribution in [-0.4, -0.2) is 31.3 Å². The van der Waals surface area contributed by atoms with Gasteiger partial charge in [-0.2, -0.15) is 4.80 Å². The summed E-state index contributed by atoms with van der Waals surface area (Å²) in [7, 11) is 0. The maximum absolute atomic E-state index is 11.0. The number of aromatic nitrogens is 4. The molecule has 0 fully saturated rings. The fourth-order valence-corrected chi connectivity index (χ4v) is 3.43. The van der Waals surface area contributed by atoms with Gasteiger partial charge in [0.2, 0.25) is 0 Å². The second kappa shape index (κ2) is 7.93. The number of hydrogen-bond acceptors (Lipinski definition) is 5. The minimum Gasteiger partial charge on any atom is -0.480 e. The lowest BCUT2D eigenvalue weighted by atomic mass is 9.77. The van der Waals surface area contributed by atoms with Gasteiger partial charge in [-0.3, -0.25) is 4.79 Å². The normalized spacial score (nSPS) is 11.2. The molecule has 0 saturated heterocycles. The van der Waals surface area contributed by atoms with Crippen molar-refractivity contribution in [3.63, 3.8) is 0 Å². The van der Waals surface area contributed by atoms with Crippen LogP contribution in [0.1, 0.15) is 16.7 Å². The number of carbonyl (C=O) groups is 1. The Balaban J connectivity index is 1.90. The zero-order valence-electron chi connectivity index (χ0n) is 15.5. The third-order valence-corrected chi connectivity index (χ3v) is 4.65. The minimum atomic E-state index is -1.03. The highest BCUT2D eigenvalue weighted by molar-refractivity contribution is 5.66. The fraction of sp³-hybridized carbons (Fsp3) is 0.0909. The molecule has 1 aromatic heterocycles. The number of carboxylic acids is 1. The van der Waals surface area contributed by atoms with E-state index in [0.717, 1.165) is 21.5 Å². The molecule has 7 nitrogen and oxygen atoms in total. The van der Waals surface area contributed by atoms with Gasteiger partial charge in [0.25, 0.3) is 5.95 Å². The van der Waals surface area contributed by atoms with Gasteiger partial charge >= 0.3 is 5.97 Å². The van der Waals surface area contributed by atoms with Crippen LogP contribution in [0.5, 0.6) is 0 Å². The van der Waals surface area contributed by atoms with E-state index in [4.69, 9.17) is 5.11 Å². The molecular weight excluding hydrogens is 366 g/mol. The van der Waals surface area contributed by atoms with E-state index in [1.807, 2.05) is 91.0 Å². The van der Waals surface area contributed by atoms with Gasteiger partial charge in [-0.15, -0.1) is 5.10 Å². The smallest absolute Gasteiger partial charge is 0.327 e. The quantitative estimate of drug-likeness (QED) is 0.475. The first kappa shape index (κ1) is 18.4. The number of aliphatic carboxylic acids is 1. The molecule has 0 spiro atoms. The number of rotatable bonds is 7. The highest BCUT2D eigenvalue weighted by Crippen LogP contribution is 2.39. The number of hydrogen-bond donors (Lipinski definition) is 2. The summed E-state index contributed by atoms with van der Waals surface area (Å²) < 4.78 is 0. The van der Waals surface area contributed by atoms with Crippen molar-refractivity contribution in [1.29, 1.82) is 0 Å². The van der Waals surface area contributed by atoms with E-state index >= 15 is 0 Å². The largest absolute Gasteiger partial charge is 0.480 e. The van der Waals surface area contributed by atoms with Crippen molar-refractivity contribution in [1.82, 2.24) is 20.2 Å². The number of nitrogens with one attached hydrogen (secondary N) is 1. The summed E-state index contributed by atoms with van der Waals surface area (Å²) in [4.78, 5) is 12.0. The zero-order valence-corrected chi connectivity index (χ0v) is 15.5. The van der Waals surface area contributed by atoms with Crippen LogP contribution in [0.4, 0.5) is 5.95 Å². The number of anilines is 1. The molecule has 0 aliphatic rings. The number of carboxylic acid groups (broad SMARTS) is 1. The number of nitrogens with zero attached hydrogens (tertiary/aromatic N) is 4. The third kappa shape index (κ3) is 3.70. The van der Waals surface area contributed by atoms with Crippen LogP contribution in [0.3, 0.4) is 0 Å². The van der Waals surface area contributed by atoms with Crippen LogP contribution in [0.25, 0.3) is 0 Å². The Morgan fingerprint density at radius 3 is 1.69 bits per heavy atom. The summed E-state index contributed by atoms with van der Waals surface area (Å²) in [6, 6.07) is 30.0. The lowest BCUT2D eigenvalue weighted by Gasteiger charge is -2.36. The monoisotopic (exact) mass is 385 g/mol. The molecule has 0 amide bonds. The molecule has 4 aromatic rings. The maximum Gasteiger partial charge on any atom is 0.327 e. The van der Waals surface area contributed by atoms with Crippen molar-refractivity contribution in [3.05, 3.63) is 108 Å². The average Bonchev–Trinajstić information content (AvgIpc) is 3.20. The molecular formula is C22H19N5O2. The molecule has 0 bridgehead atoms. The molecule has 4 rings (SSSR count). The number of tetrazole rings is 1. The summed E-state index contributed by atoms with van der Waals surface area (Å²) >= 11 is 0. The van der Waals surface area contributed by atoms with Gasteiger partial charge in [-0.25, -0.2) is 0 Å². The zero-order chi connectivity index (χ0) is 20.1. The Labute approximate surface area is 167 Å². The van der Waals surface area contributed by atoms with Crippen LogP contribution < -0.4 is 5.32 Å². The summed E-state index contributed by atoms with van der Waals surface area (Å²) in [6.45, 7) is -0.357. The summed E-state index contributed by atoms with van der Waals surface area (Å²) in [5.41, 5.74) is 2.19. The second-order valence-corrected chi connectivity index (χ2v) is 6.51. The molecule has 2 N–H and O–H groups in total. The van der Waals surface area contributed by atoms with Gasteiger partial charge in [0.05, 0.1) is 0 Å². The molecule has 1 heterocycles. The summed E-state index contributed by atoms with van der Waals surface area (Å²) in [5, 5.41) is 24.5. The summed E-state index contributed by atoms with van der Waals surface area (Å²) in [5.74, 6) is -0.794. The lowest BCUT2D eigenvalue weighted by Crippen LogP contribution is -2.38. The predicted octanol–water partition coefficient (Wildman–Crippen LogP) is 3.16. The van der Waals surface area contributed by atoms with Crippen molar-refractivity contribution in [2.75, 3.05) is 5.32 Å². The topological polar surface area (TPSA) is 92.9 Å². The van der Waals surface area contributed by atoms with Gasteiger partial charge in [-0.1, -0.05) is 96.1 Å². The van der Waals surface area contributed by atoms with Gasteiger partial charge in [0.1, 0.15) is 5.54 Å². The predicted molar refractivity (Wildman–Crippen MR) is 108 cm³/mol. The van der Waals surface area contributed by atoms with E-state index in [1.165, 1.54) is 0 Å². The van der Waals surface area contributed by atoms with Gasteiger partial charge in [-0.05, 0) is 21.9 Å². The van der Waals surface area contributed by atoms with E-state index in [9.17, 15) is 4.79 Å². The van der Waals surface area contributed by atoms with E-state index in [0.29, 0.717) is 0 Å². The molecule has 7 heteroatoms. The fourth-order valence-electron chi connectivity index (χ4n) is 3.43. The second-order valence-electron chi connectivity index (χ2n) is 6.51. The highest BCUT2D eigenvalue weighted by atomic mass is 16.4. The molecule has 0 radical (unpaired) electrons. The Kier molecular flexibility index (Phi) is 5.03. The molecule has 0 aliphatic carbocycles. The Hall–Kier alpha value is -4.00. The molecule has 0 saturated carbocycles.